The highest BCUT2D eigenvalue weighted by Crippen LogP contribution is 2.20. The van der Waals surface area contributed by atoms with Crippen LogP contribution in [-0.4, -0.2) is 28.6 Å². The molecule has 5 nitrogen and oxygen atoms in total. The summed E-state index contributed by atoms with van der Waals surface area (Å²) in [5.74, 6) is 0.461. The molecule has 1 N–H and O–H groups in total. The van der Waals surface area contributed by atoms with Gasteiger partial charge in [-0.3, -0.25) is 14.8 Å². The van der Waals surface area contributed by atoms with E-state index in [1.165, 1.54) is 0 Å². The van der Waals surface area contributed by atoms with Crippen molar-refractivity contribution in [3.8, 4) is 11.1 Å². The van der Waals surface area contributed by atoms with E-state index in [0.717, 1.165) is 33.5 Å². The predicted molar refractivity (Wildman–Crippen MR) is 112 cm³/mol. The number of aromatic nitrogens is 2. The summed E-state index contributed by atoms with van der Waals surface area (Å²) >= 11 is 0. The molecule has 28 heavy (non-hydrogen) atoms. The van der Waals surface area contributed by atoms with Gasteiger partial charge in [-0.15, -0.1) is 0 Å². The molecule has 0 saturated carbocycles. The summed E-state index contributed by atoms with van der Waals surface area (Å²) in [5.41, 5.74) is 6.23. The molecule has 0 radical (unpaired) electrons. The Labute approximate surface area is 163 Å². The predicted octanol–water partition coefficient (Wildman–Crippen LogP) is 4.10. The summed E-state index contributed by atoms with van der Waals surface area (Å²) in [6.07, 6.45) is 7.75. The van der Waals surface area contributed by atoms with E-state index < -0.39 is 0 Å². The summed E-state index contributed by atoms with van der Waals surface area (Å²) in [7, 11) is 0. The lowest BCUT2D eigenvalue weighted by molar-refractivity contribution is -0.115. The zero-order valence-electron chi connectivity index (χ0n) is 15.6. The van der Waals surface area contributed by atoms with E-state index in [2.05, 4.69) is 20.3 Å². The molecule has 5 heteroatoms. The van der Waals surface area contributed by atoms with Gasteiger partial charge in [-0.25, -0.2) is 4.98 Å². The average Bonchev–Trinajstić information content (AvgIpc) is 3.24. The van der Waals surface area contributed by atoms with Crippen LogP contribution in [0.4, 0.5) is 5.82 Å². The molecule has 0 atom stereocenters. The van der Waals surface area contributed by atoms with Crippen LogP contribution in [0.2, 0.25) is 0 Å². The molecule has 0 aliphatic carbocycles. The van der Waals surface area contributed by atoms with Crippen molar-refractivity contribution in [3.05, 3.63) is 83.8 Å². The van der Waals surface area contributed by atoms with Crippen molar-refractivity contribution >= 4 is 23.5 Å². The highest BCUT2D eigenvalue weighted by Gasteiger charge is 2.08. The van der Waals surface area contributed by atoms with Crippen LogP contribution >= 0.6 is 0 Å². The Balaban J connectivity index is 1.37. The van der Waals surface area contributed by atoms with Gasteiger partial charge in [0.05, 0.1) is 13.0 Å². The minimum Gasteiger partial charge on any atom is -0.310 e. The van der Waals surface area contributed by atoms with Gasteiger partial charge in [0.2, 0.25) is 5.91 Å². The monoisotopic (exact) mass is 368 g/mol. The molecular formula is C23H20N4O. The normalized spacial score (nSPS) is 12.7. The van der Waals surface area contributed by atoms with Crippen LogP contribution in [0, 0.1) is 6.92 Å². The van der Waals surface area contributed by atoms with Crippen molar-refractivity contribution < 1.29 is 4.79 Å². The molecule has 0 spiro atoms. The van der Waals surface area contributed by atoms with Crippen molar-refractivity contribution in [3.63, 3.8) is 0 Å². The number of carbonyl (C=O) groups excluding carboxylic acids is 1. The maximum Gasteiger partial charge on any atom is 0.229 e. The first-order chi connectivity index (χ1) is 13.7. The van der Waals surface area contributed by atoms with E-state index in [4.69, 9.17) is 0 Å². The number of aliphatic imine (C=N–C) groups is 1. The van der Waals surface area contributed by atoms with Gasteiger partial charge in [-0.1, -0.05) is 30.3 Å². The summed E-state index contributed by atoms with van der Waals surface area (Å²) in [6, 6.07) is 15.8. The Morgan fingerprint density at radius 1 is 1.00 bits per heavy atom. The van der Waals surface area contributed by atoms with Crippen LogP contribution in [0.3, 0.4) is 0 Å². The largest absolute Gasteiger partial charge is 0.310 e. The maximum atomic E-state index is 12.3. The van der Waals surface area contributed by atoms with Crippen molar-refractivity contribution in [2.45, 2.75) is 13.3 Å². The number of rotatable bonds is 5. The maximum absolute atomic E-state index is 12.3. The fourth-order valence-electron chi connectivity index (χ4n) is 3.10. The Bertz CT molecular complexity index is 1050. The number of nitrogens with one attached hydrogen (secondary N) is 1. The Hall–Kier alpha value is -3.60. The Kier molecular flexibility index (Phi) is 5.06. The molecule has 0 bridgehead atoms. The second kappa shape index (κ2) is 7.96. The molecule has 1 amide bonds. The van der Waals surface area contributed by atoms with E-state index >= 15 is 0 Å². The number of allylic oxidation sites excluding steroid dienone is 1. The van der Waals surface area contributed by atoms with Crippen LogP contribution in [0.1, 0.15) is 16.8 Å². The van der Waals surface area contributed by atoms with Crippen molar-refractivity contribution in [2.75, 3.05) is 11.9 Å². The molecule has 1 aliphatic heterocycles. The molecule has 2 aromatic heterocycles. The molecule has 0 fully saturated rings. The van der Waals surface area contributed by atoms with Crippen LogP contribution in [-0.2, 0) is 11.2 Å². The van der Waals surface area contributed by atoms with E-state index in [0.29, 0.717) is 18.8 Å². The van der Waals surface area contributed by atoms with Crippen LogP contribution in [0.25, 0.3) is 16.7 Å². The molecule has 1 aliphatic rings. The first-order valence-electron chi connectivity index (χ1n) is 9.15. The van der Waals surface area contributed by atoms with E-state index in [1.54, 1.807) is 12.4 Å². The third-order valence-corrected chi connectivity index (χ3v) is 4.56. The third kappa shape index (κ3) is 4.20. The Morgan fingerprint density at radius 2 is 1.82 bits per heavy atom. The number of nitrogens with zero attached hydrogens (tertiary/aromatic N) is 3. The fourth-order valence-corrected chi connectivity index (χ4v) is 3.10. The summed E-state index contributed by atoms with van der Waals surface area (Å²) in [4.78, 5) is 25.0. The minimum absolute atomic E-state index is 0.0885. The van der Waals surface area contributed by atoms with Gasteiger partial charge in [0.1, 0.15) is 5.82 Å². The Morgan fingerprint density at radius 3 is 2.50 bits per heavy atom. The van der Waals surface area contributed by atoms with Crippen LogP contribution in [0.5, 0.6) is 0 Å². The fraction of sp³-hybridized carbons (Fsp3) is 0.130. The van der Waals surface area contributed by atoms with Gasteiger partial charge in [-0.05, 0) is 53.5 Å². The lowest BCUT2D eigenvalue weighted by atomic mass is 10.0. The standard InChI is InChI=1S/C23H20N4O/c1-16-12-19(9-11-25-16)18-4-2-17(3-5-18)13-23(28)27-22-7-6-20(15-26-22)21-8-10-24-14-21/h2-9,11-12,14-15H,10,13H2,1H3,(H,26,27,28). The average molecular weight is 368 g/mol. The molecule has 3 aromatic rings. The SMILES string of the molecule is Cc1cc(-c2ccc(CC(=O)Nc3ccc(C4=CCN=C4)cn3)cc2)ccn1. The summed E-state index contributed by atoms with van der Waals surface area (Å²) in [6.45, 7) is 2.69. The van der Waals surface area contributed by atoms with Crippen LogP contribution < -0.4 is 5.32 Å². The lowest BCUT2D eigenvalue weighted by Gasteiger charge is -2.07. The van der Waals surface area contributed by atoms with Crippen molar-refractivity contribution in [1.29, 1.82) is 0 Å². The highest BCUT2D eigenvalue weighted by molar-refractivity contribution is 6.11. The van der Waals surface area contributed by atoms with Crippen molar-refractivity contribution in [2.24, 2.45) is 4.99 Å². The first kappa shape index (κ1) is 17.8. The second-order valence-corrected chi connectivity index (χ2v) is 6.69. The van der Waals surface area contributed by atoms with Gasteiger partial charge in [0, 0.05) is 29.9 Å². The van der Waals surface area contributed by atoms with Gasteiger partial charge >= 0.3 is 0 Å². The molecule has 3 heterocycles. The second-order valence-electron chi connectivity index (χ2n) is 6.69. The molecule has 4 rings (SSSR count). The van der Waals surface area contributed by atoms with Gasteiger partial charge in [0.25, 0.3) is 0 Å². The third-order valence-electron chi connectivity index (χ3n) is 4.56. The number of hydrogen-bond donors (Lipinski definition) is 1. The molecule has 138 valence electrons. The van der Waals surface area contributed by atoms with Gasteiger partial charge in [0.15, 0.2) is 0 Å². The van der Waals surface area contributed by atoms with Gasteiger partial charge < -0.3 is 5.32 Å². The molecular weight excluding hydrogens is 348 g/mol. The number of hydrogen-bond acceptors (Lipinski definition) is 4. The number of benzene rings is 1. The molecule has 0 unspecified atom stereocenters. The number of aryl methyl sites for hydroxylation is 1. The number of amides is 1. The van der Waals surface area contributed by atoms with E-state index in [-0.39, 0.29) is 5.91 Å². The van der Waals surface area contributed by atoms with Crippen LogP contribution in [0.15, 0.2) is 72.0 Å². The first-order valence-corrected chi connectivity index (χ1v) is 9.15. The highest BCUT2D eigenvalue weighted by atomic mass is 16.1. The number of carbonyl (C=O) groups is 1. The zero-order valence-corrected chi connectivity index (χ0v) is 15.6. The van der Waals surface area contributed by atoms with E-state index in [1.807, 2.05) is 67.7 Å². The van der Waals surface area contributed by atoms with Gasteiger partial charge in [-0.2, -0.15) is 0 Å². The lowest BCUT2D eigenvalue weighted by Crippen LogP contribution is -2.15. The van der Waals surface area contributed by atoms with E-state index in [9.17, 15) is 4.79 Å². The number of anilines is 1. The minimum atomic E-state index is -0.0885. The zero-order chi connectivity index (χ0) is 19.3. The smallest absolute Gasteiger partial charge is 0.229 e. The quantitative estimate of drug-likeness (QED) is 0.737. The molecule has 0 saturated heterocycles. The number of pyridine rings is 2. The summed E-state index contributed by atoms with van der Waals surface area (Å²) in [5, 5.41) is 2.85. The van der Waals surface area contributed by atoms with Crippen molar-refractivity contribution in [1.82, 2.24) is 9.97 Å². The summed E-state index contributed by atoms with van der Waals surface area (Å²) < 4.78 is 0. The topological polar surface area (TPSA) is 67.2 Å². The molecule has 1 aromatic carbocycles.